The van der Waals surface area contributed by atoms with E-state index in [2.05, 4.69) is 5.32 Å². The molecule has 0 aliphatic heterocycles. The van der Waals surface area contributed by atoms with E-state index in [1.165, 1.54) is 11.7 Å². The summed E-state index contributed by atoms with van der Waals surface area (Å²) in [6.07, 6.45) is 0.325. The van der Waals surface area contributed by atoms with Gasteiger partial charge in [-0.2, -0.15) is 0 Å². The Balaban J connectivity index is 1.90. The number of nitrogens with zero attached hydrogens (tertiary/aromatic N) is 2. The molecule has 4 rings (SSSR count). The number of fused-ring (bicyclic) bond motifs is 1. The van der Waals surface area contributed by atoms with E-state index in [0.29, 0.717) is 28.4 Å². The Morgan fingerprint density at radius 1 is 1.03 bits per heavy atom. The average molecular weight is 492 g/mol. The minimum absolute atomic E-state index is 0.271. The van der Waals surface area contributed by atoms with Gasteiger partial charge in [0.1, 0.15) is 11.8 Å². The van der Waals surface area contributed by atoms with Gasteiger partial charge in [-0.3, -0.25) is 14.2 Å². The van der Waals surface area contributed by atoms with Gasteiger partial charge in [-0.25, -0.2) is 9.36 Å². The summed E-state index contributed by atoms with van der Waals surface area (Å²) in [7, 11) is 1.51. The molecule has 0 fully saturated rings. The van der Waals surface area contributed by atoms with Gasteiger partial charge in [-0.1, -0.05) is 54.9 Å². The maximum Gasteiger partial charge on any atom is 0.336 e. The molecular weight excluding hydrogens is 466 g/mol. The number of nitrogens with one attached hydrogen (secondary N) is 1. The van der Waals surface area contributed by atoms with Gasteiger partial charge in [0.15, 0.2) is 0 Å². The van der Waals surface area contributed by atoms with Crippen LogP contribution in [0.3, 0.4) is 0 Å². The third-order valence-electron chi connectivity index (χ3n) is 6.02. The molecule has 4 aromatic rings. The zero-order valence-electron chi connectivity index (χ0n) is 19.7. The van der Waals surface area contributed by atoms with Gasteiger partial charge in [0, 0.05) is 11.1 Å². The molecule has 2 atom stereocenters. The Labute approximate surface area is 207 Å². The van der Waals surface area contributed by atoms with E-state index in [1.54, 1.807) is 42.5 Å². The van der Waals surface area contributed by atoms with Gasteiger partial charge < -0.3 is 10.1 Å². The predicted octanol–water partition coefficient (Wildman–Crippen LogP) is 4.64. The van der Waals surface area contributed by atoms with E-state index in [9.17, 15) is 14.4 Å². The number of halogens is 1. The number of methoxy groups -OCH3 is 1. The quantitative estimate of drug-likeness (QED) is 0.408. The normalized spacial score (nSPS) is 12.8. The van der Waals surface area contributed by atoms with E-state index >= 15 is 0 Å². The number of benzene rings is 3. The lowest BCUT2D eigenvalue weighted by molar-refractivity contribution is -0.125. The summed E-state index contributed by atoms with van der Waals surface area (Å²) in [5.41, 5.74) is 0.461. The smallest absolute Gasteiger partial charge is 0.336 e. The number of carbonyl (C=O) groups is 1. The molecular formula is C27H26ClN3O4. The summed E-state index contributed by atoms with van der Waals surface area (Å²) in [5, 5.41) is 3.64. The van der Waals surface area contributed by atoms with Gasteiger partial charge in [-0.15, -0.1) is 0 Å². The van der Waals surface area contributed by atoms with Crippen molar-refractivity contribution in [3.8, 4) is 11.4 Å². The van der Waals surface area contributed by atoms with Crippen molar-refractivity contribution in [2.24, 2.45) is 0 Å². The second-order valence-corrected chi connectivity index (χ2v) is 8.66. The first kappa shape index (κ1) is 24.3. The fourth-order valence-electron chi connectivity index (χ4n) is 4.20. The third kappa shape index (κ3) is 4.72. The number of aromatic nitrogens is 2. The topological polar surface area (TPSA) is 82.3 Å². The van der Waals surface area contributed by atoms with Crippen molar-refractivity contribution >= 4 is 28.4 Å². The molecule has 0 aliphatic carbocycles. The number of carbonyl (C=O) groups excluding carboxylic acids is 1. The van der Waals surface area contributed by atoms with Crippen molar-refractivity contribution < 1.29 is 9.53 Å². The highest BCUT2D eigenvalue weighted by molar-refractivity contribution is 6.31. The maximum absolute atomic E-state index is 13.8. The molecule has 0 saturated carbocycles. The highest BCUT2D eigenvalue weighted by Crippen LogP contribution is 2.23. The van der Waals surface area contributed by atoms with Crippen molar-refractivity contribution in [3.05, 3.63) is 104 Å². The lowest BCUT2D eigenvalue weighted by atomic mass is 10.1. The lowest BCUT2D eigenvalue weighted by Crippen LogP contribution is -2.44. The van der Waals surface area contributed by atoms with Crippen LogP contribution in [0.5, 0.6) is 5.75 Å². The summed E-state index contributed by atoms with van der Waals surface area (Å²) < 4.78 is 7.70. The summed E-state index contributed by atoms with van der Waals surface area (Å²) in [6.45, 7) is 3.70. The molecule has 8 heteroatoms. The Morgan fingerprint density at radius 2 is 1.77 bits per heavy atom. The summed E-state index contributed by atoms with van der Waals surface area (Å²) >= 11 is 6.24. The molecule has 0 spiro atoms. The third-order valence-corrected chi connectivity index (χ3v) is 6.26. The molecule has 0 radical (unpaired) electrons. The molecule has 35 heavy (non-hydrogen) atoms. The molecule has 180 valence electrons. The Morgan fingerprint density at radius 3 is 2.46 bits per heavy atom. The van der Waals surface area contributed by atoms with Gasteiger partial charge in [0.2, 0.25) is 5.91 Å². The van der Waals surface area contributed by atoms with E-state index in [0.717, 1.165) is 10.1 Å². The fraction of sp³-hybridized carbons (Fsp3) is 0.222. The van der Waals surface area contributed by atoms with E-state index < -0.39 is 17.3 Å². The van der Waals surface area contributed by atoms with Gasteiger partial charge in [-0.05, 0) is 49.2 Å². The van der Waals surface area contributed by atoms with Gasteiger partial charge in [0.05, 0.1) is 29.7 Å². The standard InChI is InChI=1S/C27H26ClN3O4/c1-4-23(25(32)29-17(2)18-9-6-5-7-10-18)31-24-15-19(28)13-14-22(24)26(33)30(27(31)34)20-11-8-12-21(16-20)35-3/h5-17,23H,4H2,1-3H3,(H,29,32)/t17-,23-/m0/s1. The van der Waals surface area contributed by atoms with Crippen LogP contribution in [-0.2, 0) is 4.79 Å². The Hall–Kier alpha value is -3.84. The van der Waals surface area contributed by atoms with Crippen molar-refractivity contribution in [3.63, 3.8) is 0 Å². The molecule has 3 aromatic carbocycles. The van der Waals surface area contributed by atoms with Crippen LogP contribution in [-0.4, -0.2) is 22.2 Å². The minimum Gasteiger partial charge on any atom is -0.497 e. The molecule has 7 nitrogen and oxygen atoms in total. The second-order valence-electron chi connectivity index (χ2n) is 8.22. The summed E-state index contributed by atoms with van der Waals surface area (Å²) in [5.74, 6) is 0.168. The highest BCUT2D eigenvalue weighted by atomic mass is 35.5. The number of amides is 1. The first-order valence-electron chi connectivity index (χ1n) is 11.3. The predicted molar refractivity (Wildman–Crippen MR) is 138 cm³/mol. The lowest BCUT2D eigenvalue weighted by Gasteiger charge is -2.24. The number of rotatable bonds is 7. The van der Waals surface area contributed by atoms with Crippen LogP contribution < -0.4 is 21.3 Å². The van der Waals surface area contributed by atoms with Crippen LogP contribution in [0.25, 0.3) is 16.6 Å². The molecule has 0 bridgehead atoms. The van der Waals surface area contributed by atoms with Crippen LogP contribution in [0.1, 0.15) is 37.9 Å². The van der Waals surface area contributed by atoms with Crippen molar-refractivity contribution in [2.75, 3.05) is 7.11 Å². The average Bonchev–Trinajstić information content (AvgIpc) is 2.87. The van der Waals surface area contributed by atoms with Crippen LogP contribution in [0.4, 0.5) is 0 Å². The molecule has 0 aliphatic rings. The minimum atomic E-state index is -0.868. The number of ether oxygens (including phenoxy) is 1. The van der Waals surface area contributed by atoms with Crippen LogP contribution >= 0.6 is 11.6 Å². The number of hydrogen-bond donors (Lipinski definition) is 1. The monoisotopic (exact) mass is 491 g/mol. The van der Waals surface area contributed by atoms with Crippen LogP contribution in [0, 0.1) is 0 Å². The first-order chi connectivity index (χ1) is 16.8. The Kier molecular flexibility index (Phi) is 7.07. The Bertz CT molecular complexity index is 1490. The molecule has 1 aromatic heterocycles. The summed E-state index contributed by atoms with van der Waals surface area (Å²) in [6, 6.07) is 19.8. The van der Waals surface area contributed by atoms with Gasteiger partial charge in [0.25, 0.3) is 5.56 Å². The molecule has 1 amide bonds. The van der Waals surface area contributed by atoms with Crippen molar-refractivity contribution in [1.29, 1.82) is 0 Å². The van der Waals surface area contributed by atoms with Crippen LogP contribution in [0.15, 0.2) is 82.4 Å². The molecule has 0 unspecified atom stereocenters. The van der Waals surface area contributed by atoms with Crippen molar-refractivity contribution in [1.82, 2.24) is 14.5 Å². The zero-order chi connectivity index (χ0) is 25.1. The van der Waals surface area contributed by atoms with Crippen molar-refractivity contribution in [2.45, 2.75) is 32.4 Å². The molecule has 0 saturated heterocycles. The molecule has 1 heterocycles. The second kappa shape index (κ2) is 10.2. The highest BCUT2D eigenvalue weighted by Gasteiger charge is 2.26. The SMILES string of the molecule is CC[C@@H](C(=O)N[C@@H](C)c1ccccc1)n1c(=O)n(-c2cccc(OC)c2)c(=O)c2ccc(Cl)cc21. The van der Waals surface area contributed by atoms with E-state index in [-0.39, 0.29) is 17.3 Å². The van der Waals surface area contributed by atoms with E-state index in [4.69, 9.17) is 16.3 Å². The van der Waals surface area contributed by atoms with Gasteiger partial charge >= 0.3 is 5.69 Å². The van der Waals surface area contributed by atoms with E-state index in [1.807, 2.05) is 44.2 Å². The fourth-order valence-corrected chi connectivity index (χ4v) is 4.37. The maximum atomic E-state index is 13.8. The summed E-state index contributed by atoms with van der Waals surface area (Å²) in [4.78, 5) is 40.7. The first-order valence-corrected chi connectivity index (χ1v) is 11.7. The zero-order valence-corrected chi connectivity index (χ0v) is 20.5. The largest absolute Gasteiger partial charge is 0.497 e. The molecule has 1 N–H and O–H groups in total. The van der Waals surface area contributed by atoms with Crippen LogP contribution in [0.2, 0.25) is 5.02 Å². The number of hydrogen-bond acceptors (Lipinski definition) is 4.